The van der Waals surface area contributed by atoms with Crippen molar-refractivity contribution in [3.63, 3.8) is 0 Å². The first-order chi connectivity index (χ1) is 13.3. The molecule has 2 aromatic carbocycles. The standard InChI is InChI=1S/C23H24N4/c1-17-15-19-11-5-6-12-21(19)27(17)23-24-20(18-9-3-2-4-10-18)16-22(25-23)26-13-7-8-14-26/h2-6,9-12,16-17H,7-8,13-15H2,1H3. The Morgan fingerprint density at radius 2 is 1.63 bits per heavy atom. The smallest absolute Gasteiger partial charge is 0.232 e. The molecule has 1 unspecified atom stereocenters. The lowest BCUT2D eigenvalue weighted by molar-refractivity contribution is 0.738. The van der Waals surface area contributed by atoms with Crippen molar-refractivity contribution in [1.82, 2.24) is 9.97 Å². The molecule has 1 fully saturated rings. The van der Waals surface area contributed by atoms with Crippen LogP contribution in [0, 0.1) is 0 Å². The molecule has 0 radical (unpaired) electrons. The lowest BCUT2D eigenvalue weighted by Gasteiger charge is -2.25. The van der Waals surface area contributed by atoms with Crippen molar-refractivity contribution in [3.05, 3.63) is 66.2 Å². The third-order valence-electron chi connectivity index (χ3n) is 5.62. The molecule has 0 bridgehead atoms. The van der Waals surface area contributed by atoms with Crippen molar-refractivity contribution in [1.29, 1.82) is 0 Å². The van der Waals surface area contributed by atoms with Gasteiger partial charge in [-0.25, -0.2) is 4.98 Å². The average molecular weight is 356 g/mol. The van der Waals surface area contributed by atoms with E-state index < -0.39 is 0 Å². The molecule has 4 heteroatoms. The fourth-order valence-corrected chi connectivity index (χ4v) is 4.27. The first-order valence-electron chi connectivity index (χ1n) is 9.86. The minimum Gasteiger partial charge on any atom is -0.356 e. The van der Waals surface area contributed by atoms with Crippen LogP contribution < -0.4 is 9.80 Å². The molecular formula is C23H24N4. The number of hydrogen-bond acceptors (Lipinski definition) is 4. The molecule has 5 rings (SSSR count). The Bertz CT molecular complexity index is 948. The van der Waals surface area contributed by atoms with Gasteiger partial charge in [-0.15, -0.1) is 0 Å². The third-order valence-corrected chi connectivity index (χ3v) is 5.62. The Kier molecular flexibility index (Phi) is 4.04. The van der Waals surface area contributed by atoms with Crippen LogP contribution in [0.2, 0.25) is 0 Å². The summed E-state index contributed by atoms with van der Waals surface area (Å²) in [5.41, 5.74) is 4.75. The molecule has 136 valence electrons. The van der Waals surface area contributed by atoms with Gasteiger partial charge in [0.05, 0.1) is 5.69 Å². The largest absolute Gasteiger partial charge is 0.356 e. The molecule has 0 spiro atoms. The van der Waals surface area contributed by atoms with E-state index in [1.165, 1.54) is 24.1 Å². The molecule has 0 N–H and O–H groups in total. The van der Waals surface area contributed by atoms with E-state index >= 15 is 0 Å². The van der Waals surface area contributed by atoms with Gasteiger partial charge < -0.3 is 9.80 Å². The number of hydrogen-bond donors (Lipinski definition) is 0. The summed E-state index contributed by atoms with van der Waals surface area (Å²) in [6, 6.07) is 21.6. The quantitative estimate of drug-likeness (QED) is 0.673. The summed E-state index contributed by atoms with van der Waals surface area (Å²) in [6.07, 6.45) is 3.51. The van der Waals surface area contributed by atoms with Crippen LogP contribution in [0.15, 0.2) is 60.7 Å². The Hall–Kier alpha value is -2.88. The highest BCUT2D eigenvalue weighted by atomic mass is 15.3. The number of aromatic nitrogens is 2. The van der Waals surface area contributed by atoms with Crippen LogP contribution in [0.25, 0.3) is 11.3 Å². The maximum absolute atomic E-state index is 5.01. The second-order valence-corrected chi connectivity index (χ2v) is 7.52. The molecule has 3 aromatic rings. The van der Waals surface area contributed by atoms with Gasteiger partial charge in [-0.2, -0.15) is 4.98 Å². The number of anilines is 3. The van der Waals surface area contributed by atoms with Crippen molar-refractivity contribution in [2.45, 2.75) is 32.2 Å². The molecule has 2 aliphatic heterocycles. The Morgan fingerprint density at radius 1 is 0.889 bits per heavy atom. The molecule has 2 aliphatic rings. The van der Waals surface area contributed by atoms with Gasteiger partial charge in [-0.3, -0.25) is 0 Å². The number of rotatable bonds is 3. The molecule has 4 nitrogen and oxygen atoms in total. The van der Waals surface area contributed by atoms with E-state index in [2.05, 4.69) is 71.3 Å². The molecule has 1 saturated heterocycles. The first kappa shape index (κ1) is 16.3. The molecule has 1 aromatic heterocycles. The van der Waals surface area contributed by atoms with Crippen LogP contribution in [-0.4, -0.2) is 29.1 Å². The van der Waals surface area contributed by atoms with Gasteiger partial charge in [0.2, 0.25) is 5.95 Å². The zero-order valence-corrected chi connectivity index (χ0v) is 15.7. The van der Waals surface area contributed by atoms with E-state index in [-0.39, 0.29) is 0 Å². The zero-order valence-electron chi connectivity index (χ0n) is 15.7. The van der Waals surface area contributed by atoms with Crippen molar-refractivity contribution in [2.24, 2.45) is 0 Å². The van der Waals surface area contributed by atoms with Crippen LogP contribution in [0.1, 0.15) is 25.3 Å². The van der Waals surface area contributed by atoms with Gasteiger partial charge >= 0.3 is 0 Å². The Balaban J connectivity index is 1.64. The summed E-state index contributed by atoms with van der Waals surface area (Å²) in [7, 11) is 0. The monoisotopic (exact) mass is 356 g/mol. The van der Waals surface area contributed by atoms with Crippen LogP contribution in [0.5, 0.6) is 0 Å². The van der Waals surface area contributed by atoms with Gasteiger partial charge in [-0.05, 0) is 37.8 Å². The number of nitrogens with zero attached hydrogens (tertiary/aromatic N) is 4. The average Bonchev–Trinajstić information content (AvgIpc) is 3.35. The van der Waals surface area contributed by atoms with E-state index in [1.54, 1.807) is 0 Å². The van der Waals surface area contributed by atoms with Crippen molar-refractivity contribution >= 4 is 17.5 Å². The van der Waals surface area contributed by atoms with Crippen molar-refractivity contribution < 1.29 is 0 Å². The fraction of sp³-hybridized carbons (Fsp3) is 0.304. The molecular weight excluding hydrogens is 332 g/mol. The van der Waals surface area contributed by atoms with Crippen LogP contribution in [0.3, 0.4) is 0 Å². The summed E-state index contributed by atoms with van der Waals surface area (Å²) >= 11 is 0. The van der Waals surface area contributed by atoms with E-state index in [1.807, 2.05) is 6.07 Å². The molecule has 0 amide bonds. The second-order valence-electron chi connectivity index (χ2n) is 7.52. The predicted molar refractivity (Wildman–Crippen MR) is 111 cm³/mol. The normalized spacial score (nSPS) is 18.8. The maximum Gasteiger partial charge on any atom is 0.232 e. The van der Waals surface area contributed by atoms with Gasteiger partial charge in [0.15, 0.2) is 0 Å². The van der Waals surface area contributed by atoms with Crippen molar-refractivity contribution in [3.8, 4) is 11.3 Å². The summed E-state index contributed by atoms with van der Waals surface area (Å²) < 4.78 is 0. The van der Waals surface area contributed by atoms with Gasteiger partial charge in [0, 0.05) is 36.4 Å². The molecule has 27 heavy (non-hydrogen) atoms. The highest BCUT2D eigenvalue weighted by molar-refractivity contribution is 5.71. The van der Waals surface area contributed by atoms with Crippen LogP contribution in [-0.2, 0) is 6.42 Å². The van der Waals surface area contributed by atoms with E-state index in [9.17, 15) is 0 Å². The van der Waals surface area contributed by atoms with Crippen molar-refractivity contribution in [2.75, 3.05) is 22.9 Å². The number of para-hydroxylation sites is 1. The number of benzene rings is 2. The Morgan fingerprint density at radius 3 is 2.44 bits per heavy atom. The lowest BCUT2D eigenvalue weighted by atomic mass is 10.1. The van der Waals surface area contributed by atoms with E-state index in [0.29, 0.717) is 6.04 Å². The highest BCUT2D eigenvalue weighted by Crippen LogP contribution is 2.38. The molecule has 0 aliphatic carbocycles. The zero-order chi connectivity index (χ0) is 18.2. The van der Waals surface area contributed by atoms with E-state index in [0.717, 1.165) is 42.5 Å². The SMILES string of the molecule is CC1Cc2ccccc2N1c1nc(-c2ccccc2)cc(N2CCCC2)n1. The van der Waals surface area contributed by atoms with Crippen LogP contribution >= 0.6 is 0 Å². The summed E-state index contributed by atoms with van der Waals surface area (Å²) in [5.74, 6) is 1.86. The minimum atomic E-state index is 0.361. The summed E-state index contributed by atoms with van der Waals surface area (Å²) in [4.78, 5) is 14.7. The number of fused-ring (bicyclic) bond motifs is 1. The molecule has 1 atom stereocenters. The predicted octanol–water partition coefficient (Wildman–Crippen LogP) is 4.83. The van der Waals surface area contributed by atoms with E-state index in [4.69, 9.17) is 9.97 Å². The van der Waals surface area contributed by atoms with Gasteiger partial charge in [0.1, 0.15) is 5.82 Å². The first-order valence-corrected chi connectivity index (χ1v) is 9.86. The minimum absolute atomic E-state index is 0.361. The van der Waals surface area contributed by atoms with Gasteiger partial charge in [-0.1, -0.05) is 48.5 Å². The third kappa shape index (κ3) is 2.95. The summed E-state index contributed by atoms with van der Waals surface area (Å²) in [6.45, 7) is 4.42. The maximum atomic E-state index is 5.01. The Labute approximate surface area is 160 Å². The highest BCUT2D eigenvalue weighted by Gasteiger charge is 2.30. The topological polar surface area (TPSA) is 32.3 Å². The molecule has 3 heterocycles. The second kappa shape index (κ2) is 6.69. The van der Waals surface area contributed by atoms with Crippen LogP contribution in [0.4, 0.5) is 17.5 Å². The van der Waals surface area contributed by atoms with Gasteiger partial charge in [0.25, 0.3) is 0 Å². The molecule has 0 saturated carbocycles. The summed E-state index contributed by atoms with van der Waals surface area (Å²) in [5, 5.41) is 0. The lowest BCUT2D eigenvalue weighted by Crippen LogP contribution is -2.27. The fourth-order valence-electron chi connectivity index (χ4n) is 4.27.